The minimum absolute atomic E-state index is 0.235. The Balaban J connectivity index is 2.00. The SMILES string of the molecule is CCOC(=O)c1c(-c2ccc(C(=O)Nc3ccccc3)cc2)c(C#N)c(CC)n1C. The van der Waals surface area contributed by atoms with E-state index in [1.165, 1.54) is 0 Å². The molecule has 6 heteroatoms. The number of benzene rings is 2. The van der Waals surface area contributed by atoms with Crippen molar-refractivity contribution in [3.8, 4) is 17.2 Å². The maximum absolute atomic E-state index is 12.6. The number of nitrogens with one attached hydrogen (secondary N) is 1. The van der Waals surface area contributed by atoms with Crippen LogP contribution in [-0.4, -0.2) is 23.1 Å². The first-order valence-electron chi connectivity index (χ1n) is 9.77. The van der Waals surface area contributed by atoms with Gasteiger partial charge in [-0.15, -0.1) is 0 Å². The highest BCUT2D eigenvalue weighted by Crippen LogP contribution is 2.33. The number of nitrogens with zero attached hydrogens (tertiary/aromatic N) is 2. The van der Waals surface area contributed by atoms with E-state index in [9.17, 15) is 14.9 Å². The van der Waals surface area contributed by atoms with Gasteiger partial charge in [-0.1, -0.05) is 37.3 Å². The number of carbonyl (C=O) groups is 2. The van der Waals surface area contributed by atoms with Crippen LogP contribution < -0.4 is 5.32 Å². The molecular formula is C24H23N3O3. The third-order valence-corrected chi connectivity index (χ3v) is 4.90. The van der Waals surface area contributed by atoms with Gasteiger partial charge in [0, 0.05) is 29.6 Å². The fraction of sp³-hybridized carbons (Fsp3) is 0.208. The molecule has 0 saturated carbocycles. The highest BCUT2D eigenvalue weighted by molar-refractivity contribution is 6.05. The number of aromatic nitrogens is 1. The monoisotopic (exact) mass is 401 g/mol. The van der Waals surface area contributed by atoms with Gasteiger partial charge in [-0.05, 0) is 43.2 Å². The van der Waals surface area contributed by atoms with Crippen LogP contribution >= 0.6 is 0 Å². The molecule has 0 aliphatic carbocycles. The van der Waals surface area contributed by atoms with Crippen LogP contribution in [0.4, 0.5) is 5.69 Å². The Labute approximate surface area is 175 Å². The van der Waals surface area contributed by atoms with Crippen LogP contribution in [0.3, 0.4) is 0 Å². The minimum Gasteiger partial charge on any atom is -0.461 e. The topological polar surface area (TPSA) is 84.1 Å². The van der Waals surface area contributed by atoms with E-state index in [1.54, 1.807) is 42.8 Å². The first-order valence-corrected chi connectivity index (χ1v) is 9.77. The Bertz CT molecular complexity index is 1110. The maximum Gasteiger partial charge on any atom is 0.355 e. The minimum atomic E-state index is -0.475. The molecule has 0 radical (unpaired) electrons. The number of rotatable bonds is 6. The molecular weight excluding hydrogens is 378 g/mol. The quantitative estimate of drug-likeness (QED) is 0.614. The number of carbonyl (C=O) groups excluding carboxylic acids is 2. The number of esters is 1. The van der Waals surface area contributed by atoms with E-state index in [0.717, 1.165) is 5.69 Å². The van der Waals surface area contributed by atoms with E-state index in [2.05, 4.69) is 11.4 Å². The molecule has 152 valence electrons. The Morgan fingerprint density at radius 3 is 2.30 bits per heavy atom. The Morgan fingerprint density at radius 1 is 1.07 bits per heavy atom. The predicted molar refractivity (Wildman–Crippen MR) is 115 cm³/mol. The van der Waals surface area contributed by atoms with Gasteiger partial charge in [0.05, 0.1) is 12.2 Å². The largest absolute Gasteiger partial charge is 0.461 e. The number of ether oxygens (including phenoxy) is 1. The van der Waals surface area contributed by atoms with Crippen molar-refractivity contribution < 1.29 is 14.3 Å². The Hall–Kier alpha value is -3.85. The summed E-state index contributed by atoms with van der Waals surface area (Å²) in [5.41, 5.74) is 3.95. The first kappa shape index (κ1) is 20.9. The molecule has 0 bridgehead atoms. The summed E-state index contributed by atoms with van der Waals surface area (Å²) in [7, 11) is 1.76. The van der Waals surface area contributed by atoms with Crippen LogP contribution in [0, 0.1) is 11.3 Å². The maximum atomic E-state index is 12.6. The van der Waals surface area contributed by atoms with Crippen LogP contribution in [-0.2, 0) is 18.2 Å². The van der Waals surface area contributed by atoms with Crippen LogP contribution in [0.2, 0.25) is 0 Å². The van der Waals surface area contributed by atoms with E-state index in [1.807, 2.05) is 37.3 Å². The number of amides is 1. The molecule has 30 heavy (non-hydrogen) atoms. The van der Waals surface area contributed by atoms with E-state index >= 15 is 0 Å². The zero-order chi connectivity index (χ0) is 21.7. The second kappa shape index (κ2) is 9.10. The molecule has 0 fully saturated rings. The van der Waals surface area contributed by atoms with Crippen molar-refractivity contribution in [1.82, 2.24) is 4.57 Å². The molecule has 0 spiro atoms. The molecule has 2 aromatic carbocycles. The van der Waals surface area contributed by atoms with Crippen molar-refractivity contribution in [2.75, 3.05) is 11.9 Å². The third kappa shape index (κ3) is 3.96. The molecule has 1 heterocycles. The zero-order valence-electron chi connectivity index (χ0n) is 17.2. The summed E-state index contributed by atoms with van der Waals surface area (Å²) in [4.78, 5) is 25.1. The molecule has 0 aliphatic rings. The average molecular weight is 401 g/mol. The highest BCUT2D eigenvalue weighted by Gasteiger charge is 2.26. The van der Waals surface area contributed by atoms with Gasteiger partial charge in [-0.25, -0.2) is 4.79 Å². The van der Waals surface area contributed by atoms with E-state index in [-0.39, 0.29) is 12.5 Å². The standard InChI is InChI=1S/C24H23N3O3/c1-4-20-19(15-25)21(22(27(20)3)24(29)30-5-2)16-11-13-17(14-12-16)23(28)26-18-9-7-6-8-10-18/h6-14H,4-5H2,1-3H3,(H,26,28). The summed E-state index contributed by atoms with van der Waals surface area (Å²) in [6, 6.07) is 18.3. The average Bonchev–Trinajstić information content (AvgIpc) is 3.06. The Kier molecular flexibility index (Phi) is 6.33. The van der Waals surface area contributed by atoms with Gasteiger partial charge < -0.3 is 14.6 Å². The molecule has 0 aliphatic heterocycles. The summed E-state index contributed by atoms with van der Waals surface area (Å²) in [5, 5.41) is 12.6. The lowest BCUT2D eigenvalue weighted by Gasteiger charge is -2.09. The number of hydrogen-bond acceptors (Lipinski definition) is 4. The molecule has 3 rings (SSSR count). The van der Waals surface area contributed by atoms with E-state index < -0.39 is 5.97 Å². The highest BCUT2D eigenvalue weighted by atomic mass is 16.5. The normalized spacial score (nSPS) is 10.3. The second-order valence-corrected chi connectivity index (χ2v) is 6.69. The van der Waals surface area contributed by atoms with Crippen LogP contribution in [0.15, 0.2) is 54.6 Å². The van der Waals surface area contributed by atoms with Crippen molar-refractivity contribution in [2.24, 2.45) is 7.05 Å². The summed E-state index contributed by atoms with van der Waals surface area (Å²) in [6.07, 6.45) is 0.601. The number of anilines is 1. The molecule has 1 amide bonds. The Morgan fingerprint density at radius 2 is 1.73 bits per heavy atom. The van der Waals surface area contributed by atoms with Gasteiger partial charge in [0.25, 0.3) is 5.91 Å². The fourth-order valence-corrected chi connectivity index (χ4v) is 3.50. The molecule has 1 aromatic heterocycles. The van der Waals surface area contributed by atoms with Crippen molar-refractivity contribution in [2.45, 2.75) is 20.3 Å². The lowest BCUT2D eigenvalue weighted by molar-refractivity contribution is 0.0516. The number of para-hydroxylation sites is 1. The molecule has 6 nitrogen and oxygen atoms in total. The van der Waals surface area contributed by atoms with Crippen molar-refractivity contribution in [3.63, 3.8) is 0 Å². The van der Waals surface area contributed by atoms with E-state index in [4.69, 9.17) is 4.74 Å². The van der Waals surface area contributed by atoms with Crippen molar-refractivity contribution in [1.29, 1.82) is 5.26 Å². The fourth-order valence-electron chi connectivity index (χ4n) is 3.50. The summed E-state index contributed by atoms with van der Waals surface area (Å²) >= 11 is 0. The van der Waals surface area contributed by atoms with Gasteiger partial charge in [-0.3, -0.25) is 4.79 Å². The summed E-state index contributed by atoms with van der Waals surface area (Å²) < 4.78 is 6.95. The van der Waals surface area contributed by atoms with Crippen LogP contribution in [0.1, 0.15) is 46.0 Å². The van der Waals surface area contributed by atoms with Gasteiger partial charge in [-0.2, -0.15) is 5.26 Å². The molecule has 0 unspecified atom stereocenters. The smallest absolute Gasteiger partial charge is 0.355 e. The lowest BCUT2D eigenvalue weighted by atomic mass is 9.98. The van der Waals surface area contributed by atoms with Gasteiger partial charge >= 0.3 is 5.97 Å². The van der Waals surface area contributed by atoms with E-state index in [0.29, 0.717) is 40.1 Å². The number of nitriles is 1. The van der Waals surface area contributed by atoms with Gasteiger partial charge in [0.2, 0.25) is 0 Å². The summed E-state index contributed by atoms with van der Waals surface area (Å²) in [6.45, 7) is 3.92. The van der Waals surface area contributed by atoms with Crippen LogP contribution in [0.25, 0.3) is 11.1 Å². The summed E-state index contributed by atoms with van der Waals surface area (Å²) in [5.74, 6) is -0.710. The van der Waals surface area contributed by atoms with Crippen molar-refractivity contribution >= 4 is 17.6 Å². The molecule has 0 atom stereocenters. The molecule has 3 aromatic rings. The zero-order valence-corrected chi connectivity index (χ0v) is 17.2. The predicted octanol–water partition coefficient (Wildman–Crippen LogP) is 4.56. The second-order valence-electron chi connectivity index (χ2n) is 6.69. The number of hydrogen-bond donors (Lipinski definition) is 1. The first-order chi connectivity index (χ1) is 14.5. The third-order valence-electron chi connectivity index (χ3n) is 4.90. The van der Waals surface area contributed by atoms with Crippen molar-refractivity contribution in [3.05, 3.63) is 77.1 Å². The lowest BCUT2D eigenvalue weighted by Crippen LogP contribution is -2.12. The molecule has 1 N–H and O–H groups in total. The van der Waals surface area contributed by atoms with Crippen LogP contribution in [0.5, 0.6) is 0 Å². The van der Waals surface area contributed by atoms with Gasteiger partial charge in [0.1, 0.15) is 11.8 Å². The molecule has 0 saturated heterocycles. The van der Waals surface area contributed by atoms with Gasteiger partial charge in [0.15, 0.2) is 0 Å².